The highest BCUT2D eigenvalue weighted by Crippen LogP contribution is 2.24. The Labute approximate surface area is 124 Å². The van der Waals surface area contributed by atoms with Gasteiger partial charge in [-0.3, -0.25) is 4.79 Å². The van der Waals surface area contributed by atoms with Crippen molar-refractivity contribution in [2.24, 2.45) is 5.92 Å². The van der Waals surface area contributed by atoms with Crippen molar-refractivity contribution in [2.75, 3.05) is 11.9 Å². The molecule has 1 fully saturated rings. The van der Waals surface area contributed by atoms with Gasteiger partial charge in [-0.05, 0) is 50.7 Å². The van der Waals surface area contributed by atoms with Crippen molar-refractivity contribution >= 4 is 11.6 Å². The zero-order chi connectivity index (χ0) is 15.4. The Kier molecular flexibility index (Phi) is 5.15. The summed E-state index contributed by atoms with van der Waals surface area (Å²) in [5.74, 6) is -1.19. The molecule has 0 radical (unpaired) electrons. The number of anilines is 1. The van der Waals surface area contributed by atoms with Crippen LogP contribution in [0.1, 0.15) is 49.9 Å². The molecule has 1 aromatic rings. The molecule has 2 N–H and O–H groups in total. The molecule has 2 rings (SSSR count). The third-order valence-corrected chi connectivity index (χ3v) is 4.01. The predicted molar refractivity (Wildman–Crippen MR) is 79.4 cm³/mol. The summed E-state index contributed by atoms with van der Waals surface area (Å²) in [4.78, 5) is 12.1. The average molecular weight is 296 g/mol. The molecular formula is C16H22F2N2O. The number of amides is 1. The number of carbonyl (C=O) groups is 1. The Balaban J connectivity index is 2.05. The van der Waals surface area contributed by atoms with Gasteiger partial charge in [0.2, 0.25) is 0 Å². The minimum atomic E-state index is -0.737. The van der Waals surface area contributed by atoms with E-state index in [0.717, 1.165) is 37.8 Å². The maximum Gasteiger partial charge on any atom is 0.251 e. The molecule has 1 aliphatic rings. The normalized spacial score (nSPS) is 21.9. The quantitative estimate of drug-likeness (QED) is 0.889. The number of hydrogen-bond acceptors (Lipinski definition) is 2. The first-order valence-corrected chi connectivity index (χ1v) is 7.55. The highest BCUT2D eigenvalue weighted by molar-refractivity contribution is 5.94. The fourth-order valence-corrected chi connectivity index (χ4v) is 2.72. The van der Waals surface area contributed by atoms with Crippen LogP contribution in [0.3, 0.4) is 0 Å². The molecule has 1 amide bonds. The van der Waals surface area contributed by atoms with Gasteiger partial charge < -0.3 is 10.6 Å². The zero-order valence-electron chi connectivity index (χ0n) is 12.5. The summed E-state index contributed by atoms with van der Waals surface area (Å²) in [7, 11) is 0. The first-order valence-electron chi connectivity index (χ1n) is 7.55. The van der Waals surface area contributed by atoms with Crippen LogP contribution in [0, 0.1) is 17.6 Å². The van der Waals surface area contributed by atoms with Gasteiger partial charge in [0.1, 0.15) is 17.3 Å². The Hall–Kier alpha value is -1.65. The molecule has 21 heavy (non-hydrogen) atoms. The van der Waals surface area contributed by atoms with Crippen molar-refractivity contribution in [1.82, 2.24) is 5.32 Å². The second kappa shape index (κ2) is 6.87. The van der Waals surface area contributed by atoms with Crippen molar-refractivity contribution < 1.29 is 13.6 Å². The van der Waals surface area contributed by atoms with E-state index in [0.29, 0.717) is 12.5 Å². The smallest absolute Gasteiger partial charge is 0.251 e. The highest BCUT2D eigenvalue weighted by atomic mass is 19.1. The lowest BCUT2D eigenvalue weighted by Crippen LogP contribution is -2.37. The van der Waals surface area contributed by atoms with Gasteiger partial charge in [-0.15, -0.1) is 0 Å². The van der Waals surface area contributed by atoms with Crippen LogP contribution in [0.25, 0.3) is 0 Å². The summed E-state index contributed by atoms with van der Waals surface area (Å²) in [6.07, 6.45) is 4.00. The summed E-state index contributed by atoms with van der Waals surface area (Å²) < 4.78 is 27.6. The number of benzene rings is 1. The Morgan fingerprint density at radius 1 is 1.19 bits per heavy atom. The molecule has 0 saturated heterocycles. The third kappa shape index (κ3) is 3.93. The van der Waals surface area contributed by atoms with Crippen molar-refractivity contribution in [3.8, 4) is 0 Å². The second-order valence-corrected chi connectivity index (χ2v) is 5.78. The van der Waals surface area contributed by atoms with Crippen molar-refractivity contribution in [3.63, 3.8) is 0 Å². The molecule has 0 aliphatic heterocycles. The third-order valence-electron chi connectivity index (χ3n) is 4.01. The zero-order valence-corrected chi connectivity index (χ0v) is 12.5. The SMILES string of the molecule is CCNc1c(F)cc(C(=O)NC2CCC(C)CC2)cc1F. The van der Waals surface area contributed by atoms with E-state index in [9.17, 15) is 13.6 Å². The van der Waals surface area contributed by atoms with Gasteiger partial charge in [0.25, 0.3) is 5.91 Å². The second-order valence-electron chi connectivity index (χ2n) is 5.78. The van der Waals surface area contributed by atoms with Crippen LogP contribution in [0.2, 0.25) is 0 Å². The molecule has 0 unspecified atom stereocenters. The molecule has 1 aliphatic carbocycles. The van der Waals surface area contributed by atoms with E-state index >= 15 is 0 Å². The first kappa shape index (κ1) is 15.7. The number of nitrogens with one attached hydrogen (secondary N) is 2. The maximum absolute atomic E-state index is 13.8. The molecule has 0 heterocycles. The van der Waals surface area contributed by atoms with Crippen molar-refractivity contribution in [2.45, 2.75) is 45.6 Å². The Morgan fingerprint density at radius 3 is 2.29 bits per heavy atom. The van der Waals surface area contributed by atoms with E-state index < -0.39 is 17.5 Å². The fourth-order valence-electron chi connectivity index (χ4n) is 2.72. The number of rotatable bonds is 4. The van der Waals surface area contributed by atoms with Crippen LogP contribution < -0.4 is 10.6 Å². The molecule has 116 valence electrons. The van der Waals surface area contributed by atoms with Crippen LogP contribution in [0.15, 0.2) is 12.1 Å². The maximum atomic E-state index is 13.8. The molecule has 0 atom stereocenters. The summed E-state index contributed by atoms with van der Waals surface area (Å²) in [6.45, 7) is 4.37. The summed E-state index contributed by atoms with van der Waals surface area (Å²) in [6, 6.07) is 2.28. The van der Waals surface area contributed by atoms with Crippen LogP contribution in [0.5, 0.6) is 0 Å². The fraction of sp³-hybridized carbons (Fsp3) is 0.562. The molecule has 3 nitrogen and oxygen atoms in total. The number of halogens is 2. The molecule has 0 bridgehead atoms. The summed E-state index contributed by atoms with van der Waals surface area (Å²) in [5.41, 5.74) is -0.147. The molecule has 5 heteroatoms. The van der Waals surface area contributed by atoms with E-state index in [2.05, 4.69) is 17.6 Å². The largest absolute Gasteiger partial charge is 0.381 e. The molecule has 1 aromatic carbocycles. The first-order chi connectivity index (χ1) is 10.0. The van der Waals surface area contributed by atoms with Crippen molar-refractivity contribution in [1.29, 1.82) is 0 Å². The van der Waals surface area contributed by atoms with E-state index in [-0.39, 0.29) is 17.3 Å². The van der Waals surface area contributed by atoms with Crippen molar-refractivity contribution in [3.05, 3.63) is 29.3 Å². The molecule has 0 spiro atoms. The van der Waals surface area contributed by atoms with E-state index in [1.165, 1.54) is 0 Å². The van der Waals surface area contributed by atoms with Crippen LogP contribution in [-0.2, 0) is 0 Å². The summed E-state index contributed by atoms with van der Waals surface area (Å²) >= 11 is 0. The van der Waals surface area contributed by atoms with E-state index in [1.54, 1.807) is 6.92 Å². The number of hydrogen-bond donors (Lipinski definition) is 2. The van der Waals surface area contributed by atoms with Crippen LogP contribution in [-0.4, -0.2) is 18.5 Å². The van der Waals surface area contributed by atoms with E-state index in [1.807, 2.05) is 0 Å². The average Bonchev–Trinajstić information content (AvgIpc) is 2.45. The topological polar surface area (TPSA) is 41.1 Å². The van der Waals surface area contributed by atoms with Gasteiger partial charge in [-0.1, -0.05) is 6.92 Å². The molecule has 0 aromatic heterocycles. The monoisotopic (exact) mass is 296 g/mol. The minimum absolute atomic E-state index is 0.0327. The Bertz CT molecular complexity index is 488. The lowest BCUT2D eigenvalue weighted by molar-refractivity contribution is 0.0922. The lowest BCUT2D eigenvalue weighted by atomic mass is 9.87. The lowest BCUT2D eigenvalue weighted by Gasteiger charge is -2.27. The van der Waals surface area contributed by atoms with Gasteiger partial charge >= 0.3 is 0 Å². The van der Waals surface area contributed by atoms with Crippen LogP contribution in [0.4, 0.5) is 14.5 Å². The Morgan fingerprint density at radius 2 is 1.76 bits per heavy atom. The standard InChI is InChI=1S/C16H22F2N2O/c1-3-19-15-13(17)8-11(9-14(15)18)16(21)20-12-6-4-10(2)5-7-12/h8-10,12,19H,3-7H2,1-2H3,(H,20,21). The van der Waals surface area contributed by atoms with Crippen LogP contribution >= 0.6 is 0 Å². The van der Waals surface area contributed by atoms with Gasteiger partial charge in [0.05, 0.1) is 0 Å². The highest BCUT2D eigenvalue weighted by Gasteiger charge is 2.21. The van der Waals surface area contributed by atoms with E-state index in [4.69, 9.17) is 0 Å². The van der Waals surface area contributed by atoms with Gasteiger partial charge in [-0.2, -0.15) is 0 Å². The summed E-state index contributed by atoms with van der Waals surface area (Å²) in [5, 5.41) is 5.48. The predicted octanol–water partition coefficient (Wildman–Crippen LogP) is 3.71. The van der Waals surface area contributed by atoms with Gasteiger partial charge in [0, 0.05) is 18.2 Å². The molecular weight excluding hydrogens is 274 g/mol. The van der Waals surface area contributed by atoms with Gasteiger partial charge in [0.15, 0.2) is 0 Å². The number of carbonyl (C=O) groups excluding carboxylic acids is 1. The van der Waals surface area contributed by atoms with Gasteiger partial charge in [-0.25, -0.2) is 8.78 Å². The minimum Gasteiger partial charge on any atom is -0.381 e. The molecule has 1 saturated carbocycles.